The van der Waals surface area contributed by atoms with Crippen LogP contribution < -0.4 is 23.8 Å². The molecule has 1 saturated heterocycles. The van der Waals surface area contributed by atoms with Crippen molar-refractivity contribution in [2.75, 3.05) is 33.3 Å². The van der Waals surface area contributed by atoms with E-state index in [0.29, 0.717) is 34.2 Å². The van der Waals surface area contributed by atoms with E-state index in [-0.39, 0.29) is 11.7 Å². The van der Waals surface area contributed by atoms with Gasteiger partial charge in [0.1, 0.15) is 5.38 Å². The number of anilines is 1. The first-order valence-electron chi connectivity index (χ1n) is 8.10. The Morgan fingerprint density at radius 2 is 1.52 bits per heavy atom. The van der Waals surface area contributed by atoms with Crippen molar-refractivity contribution in [3.63, 3.8) is 0 Å². The molecule has 1 N–H and O–H groups in total. The molecular weight excluding hydrogens is 374 g/mol. The number of aromatic hydroxyl groups is 1. The van der Waals surface area contributed by atoms with Crippen molar-refractivity contribution in [1.82, 2.24) is 0 Å². The van der Waals surface area contributed by atoms with Crippen LogP contribution in [-0.4, -0.2) is 44.8 Å². The van der Waals surface area contributed by atoms with Crippen molar-refractivity contribution in [1.29, 1.82) is 0 Å². The van der Waals surface area contributed by atoms with Crippen molar-refractivity contribution in [3.8, 4) is 28.7 Å². The number of phenols is 1. The van der Waals surface area contributed by atoms with Gasteiger partial charge in [0.15, 0.2) is 23.0 Å². The molecule has 27 heavy (non-hydrogen) atoms. The van der Waals surface area contributed by atoms with Gasteiger partial charge in [0.05, 0.1) is 40.2 Å². The summed E-state index contributed by atoms with van der Waals surface area (Å²) in [6.45, 7) is 0. The Morgan fingerprint density at radius 3 is 2.00 bits per heavy atom. The molecule has 2 unspecified atom stereocenters. The number of rotatable bonds is 6. The smallest absolute Gasteiger partial charge is 0.248 e. The third-order valence-corrected chi connectivity index (χ3v) is 4.93. The number of alkyl halides is 1. The number of phenolic OH excluding ortho intramolecular Hbond substituents is 1. The van der Waals surface area contributed by atoms with Gasteiger partial charge in [0.25, 0.3) is 0 Å². The minimum Gasteiger partial charge on any atom is -0.504 e. The number of carbonyl (C=O) groups is 1. The van der Waals surface area contributed by atoms with E-state index in [9.17, 15) is 9.90 Å². The van der Waals surface area contributed by atoms with Gasteiger partial charge >= 0.3 is 0 Å². The molecule has 144 valence electrons. The van der Waals surface area contributed by atoms with Crippen LogP contribution in [0.15, 0.2) is 30.3 Å². The number of hydrogen-bond acceptors (Lipinski definition) is 6. The fourth-order valence-corrected chi connectivity index (χ4v) is 3.52. The zero-order chi connectivity index (χ0) is 19.7. The maximum atomic E-state index is 12.5. The maximum absolute atomic E-state index is 12.5. The average molecular weight is 394 g/mol. The predicted octanol–water partition coefficient (Wildman–Crippen LogP) is 3.12. The minimum absolute atomic E-state index is 0.0249. The summed E-state index contributed by atoms with van der Waals surface area (Å²) in [6, 6.07) is 7.83. The molecule has 1 fully saturated rings. The summed E-state index contributed by atoms with van der Waals surface area (Å²) < 4.78 is 21.1. The van der Waals surface area contributed by atoms with E-state index in [2.05, 4.69) is 0 Å². The highest BCUT2D eigenvalue weighted by atomic mass is 35.5. The van der Waals surface area contributed by atoms with Gasteiger partial charge < -0.3 is 29.0 Å². The molecule has 8 heteroatoms. The third-order valence-electron chi connectivity index (χ3n) is 4.50. The van der Waals surface area contributed by atoms with Crippen molar-refractivity contribution in [3.05, 3.63) is 35.9 Å². The Morgan fingerprint density at radius 1 is 0.926 bits per heavy atom. The molecule has 1 heterocycles. The standard InChI is InChI=1S/C19H20ClNO6/c1-24-13-6-5-10(7-12(13)22)17-16(20)19(23)21(17)11-8-14(25-2)18(27-4)15(9-11)26-3/h5-9,16-17,22H,1-4H3. The Labute approximate surface area is 162 Å². The second-order valence-electron chi connectivity index (χ2n) is 5.87. The molecular formula is C19H20ClNO6. The van der Waals surface area contributed by atoms with Crippen molar-refractivity contribution in [2.24, 2.45) is 0 Å². The SMILES string of the molecule is COc1ccc(C2C(Cl)C(=O)N2c2cc(OC)c(OC)c(OC)c2)cc1O. The number of carbonyl (C=O) groups excluding carboxylic acids is 1. The number of nitrogens with zero attached hydrogens (tertiary/aromatic N) is 1. The summed E-state index contributed by atoms with van der Waals surface area (Å²) in [7, 11) is 5.98. The lowest BCUT2D eigenvalue weighted by atomic mass is 9.92. The second kappa shape index (κ2) is 7.44. The van der Waals surface area contributed by atoms with Gasteiger partial charge in [-0.1, -0.05) is 6.07 Å². The fraction of sp³-hybridized carbons (Fsp3) is 0.316. The quantitative estimate of drug-likeness (QED) is 0.600. The summed E-state index contributed by atoms with van der Waals surface area (Å²) in [5.41, 5.74) is 1.23. The summed E-state index contributed by atoms with van der Waals surface area (Å²) in [6.07, 6.45) is 0. The largest absolute Gasteiger partial charge is 0.504 e. The number of methoxy groups -OCH3 is 4. The lowest BCUT2D eigenvalue weighted by Crippen LogP contribution is -2.56. The van der Waals surface area contributed by atoms with E-state index in [1.54, 1.807) is 24.3 Å². The summed E-state index contributed by atoms with van der Waals surface area (Å²) in [5, 5.41) is 9.32. The summed E-state index contributed by atoms with van der Waals surface area (Å²) in [4.78, 5) is 14.0. The Hall–Kier alpha value is -2.80. The number of amides is 1. The van der Waals surface area contributed by atoms with Gasteiger partial charge in [-0.15, -0.1) is 11.6 Å². The summed E-state index contributed by atoms with van der Waals surface area (Å²) >= 11 is 6.29. The fourth-order valence-electron chi connectivity index (χ4n) is 3.16. The van der Waals surface area contributed by atoms with Crippen LogP contribution in [-0.2, 0) is 4.79 Å². The molecule has 2 aromatic rings. The lowest BCUT2D eigenvalue weighted by molar-refractivity contribution is -0.123. The van der Waals surface area contributed by atoms with Gasteiger partial charge in [-0.2, -0.15) is 0 Å². The number of benzene rings is 2. The highest BCUT2D eigenvalue weighted by Crippen LogP contribution is 2.48. The van der Waals surface area contributed by atoms with Crippen molar-refractivity contribution in [2.45, 2.75) is 11.4 Å². The zero-order valence-electron chi connectivity index (χ0n) is 15.4. The number of halogens is 1. The van der Waals surface area contributed by atoms with Gasteiger partial charge in [-0.3, -0.25) is 4.79 Å². The predicted molar refractivity (Wildman–Crippen MR) is 101 cm³/mol. The van der Waals surface area contributed by atoms with Crippen LogP contribution in [0.3, 0.4) is 0 Å². The van der Waals surface area contributed by atoms with Crippen LogP contribution in [0.5, 0.6) is 28.7 Å². The molecule has 1 aliphatic rings. The van der Waals surface area contributed by atoms with Crippen LogP contribution >= 0.6 is 11.6 Å². The lowest BCUT2D eigenvalue weighted by Gasteiger charge is -2.44. The molecule has 2 aromatic carbocycles. The first-order valence-corrected chi connectivity index (χ1v) is 8.54. The topological polar surface area (TPSA) is 77.5 Å². The van der Waals surface area contributed by atoms with Gasteiger partial charge in [0, 0.05) is 12.1 Å². The van der Waals surface area contributed by atoms with E-state index in [1.165, 1.54) is 39.4 Å². The van der Waals surface area contributed by atoms with E-state index in [4.69, 9.17) is 30.5 Å². The Bertz CT molecular complexity index is 846. The molecule has 1 aliphatic heterocycles. The first-order chi connectivity index (χ1) is 13.0. The highest BCUT2D eigenvalue weighted by Gasteiger charge is 2.48. The number of β-lactam (4-membered cyclic amide) rings is 1. The van der Waals surface area contributed by atoms with Crippen LogP contribution in [0.4, 0.5) is 5.69 Å². The molecule has 0 aromatic heterocycles. The van der Waals surface area contributed by atoms with E-state index in [0.717, 1.165) is 0 Å². The molecule has 0 saturated carbocycles. The minimum atomic E-state index is -0.753. The normalized spacial score (nSPS) is 18.7. The van der Waals surface area contributed by atoms with Crippen molar-refractivity contribution < 1.29 is 28.8 Å². The molecule has 3 rings (SSSR count). The maximum Gasteiger partial charge on any atom is 0.248 e. The molecule has 1 amide bonds. The van der Waals surface area contributed by atoms with Crippen molar-refractivity contribution >= 4 is 23.2 Å². The van der Waals surface area contributed by atoms with Crippen LogP contribution in [0.25, 0.3) is 0 Å². The molecule has 2 atom stereocenters. The Kier molecular flexibility index (Phi) is 5.23. The van der Waals surface area contributed by atoms with Gasteiger partial charge in [-0.25, -0.2) is 0 Å². The molecule has 7 nitrogen and oxygen atoms in total. The monoisotopic (exact) mass is 393 g/mol. The first kappa shape index (κ1) is 19.0. The second-order valence-corrected chi connectivity index (χ2v) is 6.34. The van der Waals surface area contributed by atoms with E-state index >= 15 is 0 Å². The number of hydrogen-bond donors (Lipinski definition) is 1. The van der Waals surface area contributed by atoms with Crippen LogP contribution in [0, 0.1) is 0 Å². The van der Waals surface area contributed by atoms with Crippen LogP contribution in [0.2, 0.25) is 0 Å². The summed E-state index contributed by atoms with van der Waals surface area (Å²) in [5.74, 6) is 1.34. The van der Waals surface area contributed by atoms with Gasteiger partial charge in [0.2, 0.25) is 11.7 Å². The molecule has 0 aliphatic carbocycles. The number of ether oxygens (including phenoxy) is 4. The third kappa shape index (κ3) is 3.08. The van der Waals surface area contributed by atoms with E-state index < -0.39 is 11.4 Å². The van der Waals surface area contributed by atoms with Crippen LogP contribution in [0.1, 0.15) is 11.6 Å². The molecule has 0 spiro atoms. The highest BCUT2D eigenvalue weighted by molar-refractivity contribution is 6.37. The molecule has 0 bridgehead atoms. The molecule has 0 radical (unpaired) electrons. The van der Waals surface area contributed by atoms with Gasteiger partial charge in [-0.05, 0) is 17.7 Å². The Balaban J connectivity index is 2.05. The average Bonchev–Trinajstić information content (AvgIpc) is 2.69. The zero-order valence-corrected chi connectivity index (χ0v) is 16.1. The van der Waals surface area contributed by atoms with E-state index in [1.807, 2.05) is 0 Å².